The van der Waals surface area contributed by atoms with Crippen molar-refractivity contribution in [3.05, 3.63) is 64.3 Å². The van der Waals surface area contributed by atoms with Crippen LogP contribution in [-0.2, 0) is 17.8 Å². The Labute approximate surface area is 192 Å². The van der Waals surface area contributed by atoms with Crippen LogP contribution >= 0.6 is 11.6 Å². The van der Waals surface area contributed by atoms with Gasteiger partial charge in [-0.25, -0.2) is 0 Å². The summed E-state index contributed by atoms with van der Waals surface area (Å²) in [6, 6.07) is 12.1. The Morgan fingerprint density at radius 1 is 1.19 bits per heavy atom. The van der Waals surface area contributed by atoms with Crippen LogP contribution in [-0.4, -0.2) is 40.9 Å². The molecule has 0 spiro atoms. The number of rotatable bonds is 6. The lowest BCUT2D eigenvalue weighted by Crippen LogP contribution is -2.52. The summed E-state index contributed by atoms with van der Waals surface area (Å²) in [6.07, 6.45) is 0.741. The maximum Gasteiger partial charge on any atom is 0.251 e. The fourth-order valence-electron chi connectivity index (χ4n) is 4.18. The van der Waals surface area contributed by atoms with Crippen LogP contribution in [0.2, 0.25) is 5.02 Å². The first-order valence-corrected chi connectivity index (χ1v) is 11.4. The number of halogens is 1. The van der Waals surface area contributed by atoms with E-state index in [2.05, 4.69) is 10.3 Å². The Balaban J connectivity index is 1.50. The van der Waals surface area contributed by atoms with Crippen LogP contribution in [0.3, 0.4) is 0 Å². The second kappa shape index (κ2) is 9.25. The highest BCUT2D eigenvalue weighted by Gasteiger charge is 2.32. The Kier molecular flexibility index (Phi) is 6.42. The summed E-state index contributed by atoms with van der Waals surface area (Å²) < 4.78 is 5.43. The maximum absolute atomic E-state index is 13.4. The maximum atomic E-state index is 13.4. The van der Waals surface area contributed by atoms with Gasteiger partial charge in [0.05, 0.1) is 6.61 Å². The number of carbonyl (C=O) groups is 2. The van der Waals surface area contributed by atoms with Gasteiger partial charge in [-0.2, -0.15) is 0 Å². The van der Waals surface area contributed by atoms with E-state index in [0.29, 0.717) is 36.0 Å². The molecule has 1 aliphatic rings. The molecule has 0 aliphatic carbocycles. The average molecular weight is 454 g/mol. The summed E-state index contributed by atoms with van der Waals surface area (Å²) in [5.74, 6) is 0.328. The van der Waals surface area contributed by atoms with Crippen molar-refractivity contribution in [2.24, 2.45) is 5.92 Å². The van der Waals surface area contributed by atoms with E-state index in [1.54, 1.807) is 24.3 Å². The zero-order chi connectivity index (χ0) is 22.8. The van der Waals surface area contributed by atoms with E-state index < -0.39 is 6.04 Å². The molecule has 0 radical (unpaired) electrons. The summed E-state index contributed by atoms with van der Waals surface area (Å²) in [5.41, 5.74) is 3.77. The van der Waals surface area contributed by atoms with Gasteiger partial charge in [0, 0.05) is 52.3 Å². The van der Waals surface area contributed by atoms with E-state index in [4.69, 9.17) is 16.3 Å². The number of amides is 2. The van der Waals surface area contributed by atoms with Gasteiger partial charge in [-0.05, 0) is 55.3 Å². The summed E-state index contributed by atoms with van der Waals surface area (Å²) in [5, 5.41) is 4.66. The minimum atomic E-state index is -0.607. The normalized spacial score (nSPS) is 14.3. The van der Waals surface area contributed by atoms with E-state index >= 15 is 0 Å². The minimum absolute atomic E-state index is 0.0482. The smallest absolute Gasteiger partial charge is 0.251 e. The second-order valence-electron chi connectivity index (χ2n) is 8.43. The first-order chi connectivity index (χ1) is 15.4. The minimum Gasteiger partial charge on any atom is -0.494 e. The first-order valence-electron chi connectivity index (χ1n) is 11.0. The van der Waals surface area contributed by atoms with Crippen molar-refractivity contribution in [3.8, 4) is 5.75 Å². The summed E-state index contributed by atoms with van der Waals surface area (Å²) >= 11 is 6.20. The van der Waals surface area contributed by atoms with Crippen LogP contribution in [0.5, 0.6) is 5.75 Å². The first kappa shape index (κ1) is 22.2. The van der Waals surface area contributed by atoms with Gasteiger partial charge in [0.25, 0.3) is 5.91 Å². The molecule has 2 amide bonds. The Morgan fingerprint density at radius 3 is 2.62 bits per heavy atom. The second-order valence-corrected chi connectivity index (χ2v) is 8.87. The number of nitrogens with zero attached hydrogens (tertiary/aromatic N) is 1. The topological polar surface area (TPSA) is 74.4 Å². The number of nitrogens with one attached hydrogen (secondary N) is 2. The molecule has 2 aromatic carbocycles. The Hall–Kier alpha value is -2.99. The number of hydrogen-bond acceptors (Lipinski definition) is 3. The van der Waals surface area contributed by atoms with Crippen molar-refractivity contribution < 1.29 is 14.3 Å². The number of benzene rings is 2. The van der Waals surface area contributed by atoms with Crippen molar-refractivity contribution in [2.45, 2.75) is 39.8 Å². The summed E-state index contributed by atoms with van der Waals surface area (Å²) in [4.78, 5) is 31.6. The predicted octanol–water partition coefficient (Wildman–Crippen LogP) is 4.56. The lowest BCUT2D eigenvalue weighted by molar-refractivity contribution is -0.135. The lowest BCUT2D eigenvalue weighted by atomic mass is 9.99. The summed E-state index contributed by atoms with van der Waals surface area (Å²) in [6.45, 7) is 7.47. The van der Waals surface area contributed by atoms with Crippen LogP contribution in [0.1, 0.15) is 42.4 Å². The van der Waals surface area contributed by atoms with Crippen LogP contribution in [0.4, 0.5) is 0 Å². The van der Waals surface area contributed by atoms with Crippen molar-refractivity contribution in [3.63, 3.8) is 0 Å². The SMILES string of the molecule is CCOc1ccc(C(=O)NC(C(=O)N2CCc3[nH]c4ccc(Cl)cc4c3C2)C(C)C)cc1. The molecular formula is C25H28ClN3O3. The number of aromatic nitrogens is 1. The third kappa shape index (κ3) is 4.46. The monoisotopic (exact) mass is 453 g/mol. The van der Waals surface area contributed by atoms with Crippen LogP contribution in [0.25, 0.3) is 10.9 Å². The Bertz CT molecular complexity index is 1140. The van der Waals surface area contributed by atoms with E-state index in [0.717, 1.165) is 28.6 Å². The molecule has 1 aliphatic heterocycles. The Morgan fingerprint density at radius 2 is 1.94 bits per heavy atom. The standard InChI is InChI=1S/C25H28ClN3O3/c1-4-32-18-8-5-16(6-9-18)24(30)28-23(15(2)3)25(31)29-12-11-22-20(14-29)19-13-17(26)7-10-21(19)27-22/h5-10,13,15,23,27H,4,11-12,14H2,1-3H3,(H,28,30). The van der Waals surface area contributed by atoms with Crippen LogP contribution in [0.15, 0.2) is 42.5 Å². The van der Waals surface area contributed by atoms with Gasteiger partial charge >= 0.3 is 0 Å². The van der Waals surface area contributed by atoms with Crippen LogP contribution in [0, 0.1) is 5.92 Å². The third-order valence-electron chi connectivity index (χ3n) is 5.90. The molecule has 2 heterocycles. The largest absolute Gasteiger partial charge is 0.494 e. The van der Waals surface area contributed by atoms with Crippen molar-refractivity contribution in [1.29, 1.82) is 0 Å². The average Bonchev–Trinajstić information content (AvgIpc) is 3.14. The van der Waals surface area contributed by atoms with Gasteiger partial charge in [0.2, 0.25) is 5.91 Å². The lowest BCUT2D eigenvalue weighted by Gasteiger charge is -2.32. The quantitative estimate of drug-likeness (QED) is 0.574. The number of fused-ring (bicyclic) bond motifs is 3. The van der Waals surface area contributed by atoms with E-state index in [-0.39, 0.29) is 17.7 Å². The van der Waals surface area contributed by atoms with Gasteiger partial charge in [-0.3, -0.25) is 9.59 Å². The fourth-order valence-corrected chi connectivity index (χ4v) is 4.35. The molecule has 1 aromatic heterocycles. The van der Waals surface area contributed by atoms with Gasteiger partial charge in [0.1, 0.15) is 11.8 Å². The van der Waals surface area contributed by atoms with Crippen LogP contribution < -0.4 is 10.1 Å². The molecule has 3 aromatic rings. The number of carbonyl (C=O) groups excluding carboxylic acids is 2. The van der Waals surface area contributed by atoms with E-state index in [1.807, 2.05) is 43.9 Å². The van der Waals surface area contributed by atoms with Gasteiger partial charge in [-0.1, -0.05) is 25.4 Å². The summed E-state index contributed by atoms with van der Waals surface area (Å²) in [7, 11) is 0. The molecular weight excluding hydrogens is 426 g/mol. The van der Waals surface area contributed by atoms with Crippen molar-refractivity contribution in [2.75, 3.05) is 13.2 Å². The molecule has 4 rings (SSSR count). The molecule has 0 saturated carbocycles. The molecule has 6 nitrogen and oxygen atoms in total. The van der Waals surface area contributed by atoms with E-state index in [9.17, 15) is 9.59 Å². The third-order valence-corrected chi connectivity index (χ3v) is 6.13. The predicted molar refractivity (Wildman–Crippen MR) is 126 cm³/mol. The highest BCUT2D eigenvalue weighted by molar-refractivity contribution is 6.31. The zero-order valence-corrected chi connectivity index (χ0v) is 19.3. The van der Waals surface area contributed by atoms with Gasteiger partial charge in [-0.15, -0.1) is 0 Å². The molecule has 0 saturated heterocycles. The highest BCUT2D eigenvalue weighted by atomic mass is 35.5. The molecule has 2 N–H and O–H groups in total. The fraction of sp³-hybridized carbons (Fsp3) is 0.360. The van der Waals surface area contributed by atoms with Gasteiger partial charge in [0.15, 0.2) is 0 Å². The number of aromatic amines is 1. The molecule has 0 bridgehead atoms. The number of H-pyrrole nitrogens is 1. The zero-order valence-electron chi connectivity index (χ0n) is 18.6. The van der Waals surface area contributed by atoms with Gasteiger partial charge < -0.3 is 19.9 Å². The molecule has 1 unspecified atom stereocenters. The molecule has 168 valence electrons. The van der Waals surface area contributed by atoms with E-state index in [1.165, 1.54) is 0 Å². The number of ether oxygens (including phenoxy) is 1. The highest BCUT2D eigenvalue weighted by Crippen LogP contribution is 2.30. The number of hydrogen-bond donors (Lipinski definition) is 2. The van der Waals surface area contributed by atoms with Crippen molar-refractivity contribution in [1.82, 2.24) is 15.2 Å². The van der Waals surface area contributed by atoms with Crippen molar-refractivity contribution >= 4 is 34.3 Å². The molecule has 7 heteroatoms. The molecule has 0 fully saturated rings. The molecule has 32 heavy (non-hydrogen) atoms. The molecule has 1 atom stereocenters.